The number of carbonyl (C=O) groups is 2. The number of rotatable bonds is 10. The van der Waals surface area contributed by atoms with Gasteiger partial charge in [0.2, 0.25) is 5.91 Å². The van der Waals surface area contributed by atoms with E-state index >= 15 is 0 Å². The van der Waals surface area contributed by atoms with Gasteiger partial charge >= 0.3 is 0 Å². The Morgan fingerprint density at radius 2 is 1.63 bits per heavy atom. The Bertz CT molecular complexity index is 1290. The zero-order chi connectivity index (χ0) is 24.6. The molecule has 3 aromatic carbocycles. The molecule has 1 aromatic heterocycles. The van der Waals surface area contributed by atoms with Crippen LogP contribution in [0.25, 0.3) is 10.9 Å². The molecular formula is C28H30N4O3. The molecule has 0 aliphatic rings. The number of anilines is 2. The molecule has 0 saturated heterocycles. The van der Waals surface area contributed by atoms with E-state index in [0.29, 0.717) is 30.1 Å². The molecule has 4 aromatic rings. The predicted octanol–water partition coefficient (Wildman–Crippen LogP) is 4.26. The average molecular weight is 471 g/mol. The highest BCUT2D eigenvalue weighted by atomic mass is 16.5. The number of nitrogens with zero attached hydrogens (tertiary/aromatic N) is 2. The third-order valence-corrected chi connectivity index (χ3v) is 5.95. The van der Waals surface area contributed by atoms with E-state index in [2.05, 4.69) is 11.1 Å². The fourth-order valence-electron chi connectivity index (χ4n) is 4.21. The van der Waals surface area contributed by atoms with Crippen molar-refractivity contribution >= 4 is 34.1 Å². The number of aromatic amines is 1. The second kappa shape index (κ2) is 11.4. The van der Waals surface area contributed by atoms with Crippen LogP contribution < -0.4 is 15.4 Å². The van der Waals surface area contributed by atoms with Gasteiger partial charge in [0.1, 0.15) is 12.3 Å². The van der Waals surface area contributed by atoms with Crippen LogP contribution in [0.1, 0.15) is 12.0 Å². The fraction of sp³-hybridized carbons (Fsp3) is 0.214. The largest absolute Gasteiger partial charge is 0.495 e. The first-order valence-corrected chi connectivity index (χ1v) is 11.7. The maximum atomic E-state index is 13.7. The highest BCUT2D eigenvalue weighted by molar-refractivity contribution is 6.04. The van der Waals surface area contributed by atoms with Crippen LogP contribution in [0.5, 0.6) is 5.75 Å². The molecule has 35 heavy (non-hydrogen) atoms. The van der Waals surface area contributed by atoms with Crippen molar-refractivity contribution in [2.75, 3.05) is 31.6 Å². The van der Waals surface area contributed by atoms with Gasteiger partial charge in [-0.2, -0.15) is 0 Å². The van der Waals surface area contributed by atoms with E-state index in [1.54, 1.807) is 16.9 Å². The van der Waals surface area contributed by atoms with Crippen molar-refractivity contribution in [3.05, 3.63) is 90.6 Å². The van der Waals surface area contributed by atoms with Crippen LogP contribution >= 0.6 is 0 Å². The minimum atomic E-state index is -0.231. The lowest BCUT2D eigenvalue weighted by Gasteiger charge is -2.29. The summed E-state index contributed by atoms with van der Waals surface area (Å²) in [5, 5.41) is 1.12. The number of aromatic nitrogens is 1. The van der Waals surface area contributed by atoms with E-state index in [4.69, 9.17) is 10.5 Å². The smallest absolute Gasteiger partial charge is 0.251 e. The van der Waals surface area contributed by atoms with Gasteiger partial charge < -0.3 is 20.4 Å². The molecule has 7 nitrogen and oxygen atoms in total. The van der Waals surface area contributed by atoms with E-state index in [0.717, 1.165) is 16.5 Å². The number of carbonyl (C=O) groups excluding carboxylic acids is 2. The van der Waals surface area contributed by atoms with Gasteiger partial charge in [0, 0.05) is 42.3 Å². The number of para-hydroxylation sites is 4. The lowest BCUT2D eigenvalue weighted by atomic mass is 10.1. The second-order valence-corrected chi connectivity index (χ2v) is 8.20. The van der Waals surface area contributed by atoms with Crippen molar-refractivity contribution in [1.29, 1.82) is 0 Å². The number of fused-ring (bicyclic) bond motifs is 1. The van der Waals surface area contributed by atoms with E-state index in [1.165, 1.54) is 0 Å². The molecule has 4 rings (SSSR count). The number of methoxy groups -OCH3 is 1. The SMILES string of the molecule is COc1ccccc1N(C(=O)CN(CCc1c[nH]c2ccccc12)C(=O)CCN)c1ccccc1. The van der Waals surface area contributed by atoms with Gasteiger partial charge in [-0.1, -0.05) is 48.5 Å². The molecule has 7 heteroatoms. The molecule has 0 aliphatic carbocycles. The van der Waals surface area contributed by atoms with Crippen molar-refractivity contribution in [2.45, 2.75) is 12.8 Å². The number of amides is 2. The molecule has 0 bridgehead atoms. The first kappa shape index (κ1) is 24.0. The molecule has 0 fully saturated rings. The lowest BCUT2D eigenvalue weighted by molar-refractivity contribution is -0.134. The van der Waals surface area contributed by atoms with Crippen LogP contribution in [0.15, 0.2) is 85.1 Å². The standard InChI is InChI=1S/C28H30N4O3/c1-35-26-14-8-7-13-25(26)32(22-9-3-2-4-10-22)28(34)20-31(27(33)15-17-29)18-16-21-19-30-24-12-6-5-11-23(21)24/h2-14,19,30H,15-18,20,29H2,1H3. The summed E-state index contributed by atoms with van der Waals surface area (Å²) in [7, 11) is 1.57. The Balaban J connectivity index is 1.60. The van der Waals surface area contributed by atoms with Crippen molar-refractivity contribution < 1.29 is 14.3 Å². The molecule has 0 unspecified atom stereocenters. The third kappa shape index (κ3) is 5.53. The maximum Gasteiger partial charge on any atom is 0.251 e. The molecule has 0 atom stereocenters. The summed E-state index contributed by atoms with van der Waals surface area (Å²) in [6.45, 7) is 0.556. The summed E-state index contributed by atoms with van der Waals surface area (Å²) >= 11 is 0. The normalized spacial score (nSPS) is 10.8. The summed E-state index contributed by atoms with van der Waals surface area (Å²) in [6.07, 6.45) is 2.76. The van der Waals surface area contributed by atoms with Gasteiger partial charge in [-0.25, -0.2) is 0 Å². The van der Waals surface area contributed by atoms with Crippen LogP contribution in [0, 0.1) is 0 Å². The summed E-state index contributed by atoms with van der Waals surface area (Å²) in [6, 6.07) is 24.8. The summed E-state index contributed by atoms with van der Waals surface area (Å²) in [5.74, 6) is 0.196. The topological polar surface area (TPSA) is 91.7 Å². The van der Waals surface area contributed by atoms with Gasteiger partial charge in [0.05, 0.1) is 12.8 Å². The van der Waals surface area contributed by atoms with Crippen LogP contribution in [-0.4, -0.2) is 48.4 Å². The summed E-state index contributed by atoms with van der Waals surface area (Å²) in [4.78, 5) is 33.2. The van der Waals surface area contributed by atoms with Gasteiger partial charge in [-0.15, -0.1) is 0 Å². The van der Waals surface area contributed by atoms with Crippen LogP contribution in [0.2, 0.25) is 0 Å². The van der Waals surface area contributed by atoms with Crippen LogP contribution in [0.4, 0.5) is 11.4 Å². The monoisotopic (exact) mass is 470 g/mol. The number of ether oxygens (including phenoxy) is 1. The zero-order valence-electron chi connectivity index (χ0n) is 19.8. The molecule has 180 valence electrons. The Labute approximate surface area is 205 Å². The minimum Gasteiger partial charge on any atom is -0.495 e. The third-order valence-electron chi connectivity index (χ3n) is 5.95. The van der Waals surface area contributed by atoms with E-state index < -0.39 is 0 Å². The summed E-state index contributed by atoms with van der Waals surface area (Å²) < 4.78 is 5.53. The number of hydrogen-bond acceptors (Lipinski definition) is 4. The highest BCUT2D eigenvalue weighted by Gasteiger charge is 2.25. The average Bonchev–Trinajstić information content (AvgIpc) is 3.31. The first-order valence-electron chi connectivity index (χ1n) is 11.7. The molecule has 2 amide bonds. The highest BCUT2D eigenvalue weighted by Crippen LogP contribution is 2.33. The number of H-pyrrole nitrogens is 1. The van der Waals surface area contributed by atoms with Gasteiger partial charge in [-0.3, -0.25) is 14.5 Å². The molecule has 0 spiro atoms. The minimum absolute atomic E-state index is 0.0753. The van der Waals surface area contributed by atoms with Gasteiger partial charge in [0.25, 0.3) is 5.91 Å². The fourth-order valence-corrected chi connectivity index (χ4v) is 4.21. The molecule has 1 heterocycles. The molecular weight excluding hydrogens is 440 g/mol. The predicted molar refractivity (Wildman–Crippen MR) is 139 cm³/mol. The lowest BCUT2D eigenvalue weighted by Crippen LogP contribution is -2.43. The number of nitrogens with one attached hydrogen (secondary N) is 1. The Kier molecular flexibility index (Phi) is 7.80. The van der Waals surface area contributed by atoms with Crippen molar-refractivity contribution in [2.24, 2.45) is 5.73 Å². The zero-order valence-corrected chi connectivity index (χ0v) is 19.8. The summed E-state index contributed by atoms with van der Waals surface area (Å²) in [5.41, 5.74) is 9.14. The first-order chi connectivity index (χ1) is 17.1. The Hall–Kier alpha value is -4.10. The molecule has 0 aliphatic heterocycles. The van der Waals surface area contributed by atoms with Crippen LogP contribution in [-0.2, 0) is 16.0 Å². The van der Waals surface area contributed by atoms with E-state index in [1.807, 2.05) is 79.0 Å². The van der Waals surface area contributed by atoms with E-state index in [9.17, 15) is 9.59 Å². The molecule has 3 N–H and O–H groups in total. The Morgan fingerprint density at radius 1 is 0.914 bits per heavy atom. The quantitative estimate of drug-likeness (QED) is 0.362. The molecule has 0 saturated carbocycles. The van der Waals surface area contributed by atoms with Gasteiger partial charge in [-0.05, 0) is 42.3 Å². The van der Waals surface area contributed by atoms with Crippen molar-refractivity contribution in [3.8, 4) is 5.75 Å². The van der Waals surface area contributed by atoms with Crippen LogP contribution in [0.3, 0.4) is 0 Å². The molecule has 0 radical (unpaired) electrons. The maximum absolute atomic E-state index is 13.7. The number of benzene rings is 3. The van der Waals surface area contributed by atoms with E-state index in [-0.39, 0.29) is 31.3 Å². The Morgan fingerprint density at radius 3 is 2.40 bits per heavy atom. The number of nitrogens with two attached hydrogens (primary N) is 1. The number of hydrogen-bond donors (Lipinski definition) is 2. The van der Waals surface area contributed by atoms with Crippen molar-refractivity contribution in [1.82, 2.24) is 9.88 Å². The van der Waals surface area contributed by atoms with Gasteiger partial charge in [0.15, 0.2) is 0 Å². The van der Waals surface area contributed by atoms with Crippen molar-refractivity contribution in [3.63, 3.8) is 0 Å². The second-order valence-electron chi connectivity index (χ2n) is 8.20.